The van der Waals surface area contributed by atoms with E-state index in [1.165, 1.54) is 0 Å². The zero-order chi connectivity index (χ0) is 12.3. The minimum Gasteiger partial charge on any atom is -0.366 e. The van der Waals surface area contributed by atoms with Crippen molar-refractivity contribution in [2.24, 2.45) is 5.73 Å². The summed E-state index contributed by atoms with van der Waals surface area (Å²) in [5.74, 6) is -0.361. The third kappa shape index (κ3) is 3.70. The first-order chi connectivity index (χ1) is 8.16. The summed E-state index contributed by atoms with van der Waals surface area (Å²) in [4.78, 5) is 13.5. The van der Waals surface area contributed by atoms with Gasteiger partial charge in [0.1, 0.15) is 0 Å². The van der Waals surface area contributed by atoms with Crippen LogP contribution in [-0.2, 0) is 6.54 Å². The molecule has 1 fully saturated rings. The quantitative estimate of drug-likeness (QED) is 0.861. The zero-order valence-electron chi connectivity index (χ0n) is 10.6. The molecule has 1 heterocycles. The van der Waals surface area contributed by atoms with Crippen LogP contribution in [0.1, 0.15) is 22.8 Å². The maximum Gasteiger partial charge on any atom is 0.248 e. The van der Waals surface area contributed by atoms with Crippen LogP contribution in [0.5, 0.6) is 0 Å². The lowest BCUT2D eigenvalue weighted by atomic mass is 10.1. The smallest absolute Gasteiger partial charge is 0.248 e. The first-order valence-corrected chi connectivity index (χ1v) is 6.00. The Labute approximate surface area is 114 Å². The summed E-state index contributed by atoms with van der Waals surface area (Å²) in [7, 11) is 0. The zero-order valence-corrected chi connectivity index (χ0v) is 11.4. The first-order valence-electron chi connectivity index (χ1n) is 6.00. The molecule has 0 bridgehead atoms. The van der Waals surface area contributed by atoms with Gasteiger partial charge in [-0.15, -0.1) is 12.4 Å². The van der Waals surface area contributed by atoms with Crippen LogP contribution in [0.2, 0.25) is 0 Å². The molecule has 1 aromatic rings. The van der Waals surface area contributed by atoms with Gasteiger partial charge in [0.25, 0.3) is 0 Å². The second kappa shape index (κ2) is 6.73. The molecular weight excluding hydrogens is 250 g/mol. The first kappa shape index (κ1) is 15.0. The Hall–Kier alpha value is -1.10. The number of carbonyl (C=O) groups excluding carboxylic acids is 1. The lowest BCUT2D eigenvalue weighted by molar-refractivity contribution is 0.1000. The largest absolute Gasteiger partial charge is 0.366 e. The maximum absolute atomic E-state index is 11.1. The highest BCUT2D eigenvalue weighted by atomic mass is 35.5. The van der Waals surface area contributed by atoms with Crippen molar-refractivity contribution in [1.82, 2.24) is 10.2 Å². The van der Waals surface area contributed by atoms with Crippen LogP contribution >= 0.6 is 12.4 Å². The molecule has 1 amide bonds. The molecule has 0 unspecified atom stereocenters. The fourth-order valence-corrected chi connectivity index (χ4v) is 2.18. The molecule has 3 N–H and O–H groups in total. The van der Waals surface area contributed by atoms with Crippen LogP contribution in [0.3, 0.4) is 0 Å². The molecule has 0 aromatic heterocycles. The van der Waals surface area contributed by atoms with Gasteiger partial charge in [0, 0.05) is 37.8 Å². The van der Waals surface area contributed by atoms with E-state index < -0.39 is 0 Å². The number of primary amides is 1. The van der Waals surface area contributed by atoms with Gasteiger partial charge in [-0.1, -0.05) is 12.1 Å². The highest BCUT2D eigenvalue weighted by Gasteiger charge is 2.17. The number of piperazine rings is 1. The monoisotopic (exact) mass is 269 g/mol. The summed E-state index contributed by atoms with van der Waals surface area (Å²) in [6, 6.07) is 8.11. The number of halogens is 1. The van der Waals surface area contributed by atoms with E-state index in [2.05, 4.69) is 17.1 Å². The Balaban J connectivity index is 0.00000162. The van der Waals surface area contributed by atoms with Crippen LogP contribution in [0.15, 0.2) is 24.3 Å². The Morgan fingerprint density at radius 2 is 2.33 bits per heavy atom. The summed E-state index contributed by atoms with van der Waals surface area (Å²) in [6.07, 6.45) is 0. The lowest BCUT2D eigenvalue weighted by Crippen LogP contribution is -2.49. The van der Waals surface area contributed by atoms with Gasteiger partial charge in [-0.25, -0.2) is 0 Å². The minimum absolute atomic E-state index is 0. The number of rotatable bonds is 3. The molecule has 1 atom stereocenters. The number of hydrogen-bond donors (Lipinski definition) is 2. The van der Waals surface area contributed by atoms with Crippen molar-refractivity contribution >= 4 is 18.3 Å². The average molecular weight is 270 g/mol. The summed E-state index contributed by atoms with van der Waals surface area (Å²) in [5, 5.41) is 3.36. The molecule has 1 saturated heterocycles. The highest BCUT2D eigenvalue weighted by molar-refractivity contribution is 5.92. The van der Waals surface area contributed by atoms with Gasteiger partial charge in [-0.05, 0) is 24.6 Å². The molecule has 0 spiro atoms. The number of carbonyl (C=O) groups is 1. The second-order valence-corrected chi connectivity index (χ2v) is 4.59. The molecule has 1 aromatic carbocycles. The average Bonchev–Trinajstić information content (AvgIpc) is 2.32. The standard InChI is InChI=1S/C13H19N3O.ClH/c1-10-8-15-5-6-16(10)9-11-3-2-4-12(7-11)13(14)17;/h2-4,7,10,15H,5-6,8-9H2,1H3,(H2,14,17);1H/t10-;/m0./s1. The SMILES string of the molecule is C[C@H]1CNCCN1Cc1cccc(C(N)=O)c1.Cl. The number of hydrogen-bond acceptors (Lipinski definition) is 3. The van der Waals surface area contributed by atoms with E-state index in [0.29, 0.717) is 11.6 Å². The molecule has 5 heteroatoms. The van der Waals surface area contributed by atoms with Crippen LogP contribution in [0, 0.1) is 0 Å². The Morgan fingerprint density at radius 3 is 3.00 bits per heavy atom. The fourth-order valence-electron chi connectivity index (χ4n) is 2.18. The third-order valence-electron chi connectivity index (χ3n) is 3.24. The van der Waals surface area contributed by atoms with Gasteiger partial charge >= 0.3 is 0 Å². The molecular formula is C13H20ClN3O. The predicted octanol–water partition coefficient (Wildman–Crippen LogP) is 1.00. The van der Waals surface area contributed by atoms with Gasteiger partial charge in [-0.2, -0.15) is 0 Å². The minimum atomic E-state index is -0.361. The molecule has 0 radical (unpaired) electrons. The maximum atomic E-state index is 11.1. The Bertz CT molecular complexity index is 411. The van der Waals surface area contributed by atoms with Crippen LogP contribution < -0.4 is 11.1 Å². The number of nitrogens with zero attached hydrogens (tertiary/aromatic N) is 1. The number of amides is 1. The van der Waals surface area contributed by atoms with E-state index in [0.717, 1.165) is 31.7 Å². The Morgan fingerprint density at radius 1 is 1.56 bits per heavy atom. The van der Waals surface area contributed by atoms with E-state index in [4.69, 9.17) is 5.73 Å². The van der Waals surface area contributed by atoms with Crippen LogP contribution in [-0.4, -0.2) is 36.5 Å². The van der Waals surface area contributed by atoms with Crippen LogP contribution in [0.25, 0.3) is 0 Å². The summed E-state index contributed by atoms with van der Waals surface area (Å²) < 4.78 is 0. The van der Waals surface area contributed by atoms with Gasteiger partial charge in [0.15, 0.2) is 0 Å². The molecule has 2 rings (SSSR count). The van der Waals surface area contributed by atoms with Crippen molar-refractivity contribution in [3.8, 4) is 0 Å². The second-order valence-electron chi connectivity index (χ2n) is 4.59. The van der Waals surface area contributed by atoms with Crippen molar-refractivity contribution in [2.75, 3.05) is 19.6 Å². The van der Waals surface area contributed by atoms with Gasteiger partial charge in [0.2, 0.25) is 5.91 Å². The third-order valence-corrected chi connectivity index (χ3v) is 3.24. The summed E-state index contributed by atoms with van der Waals surface area (Å²) >= 11 is 0. The van der Waals surface area contributed by atoms with E-state index in [-0.39, 0.29) is 18.3 Å². The molecule has 18 heavy (non-hydrogen) atoms. The van der Waals surface area contributed by atoms with Crippen molar-refractivity contribution in [2.45, 2.75) is 19.5 Å². The van der Waals surface area contributed by atoms with E-state index in [9.17, 15) is 4.79 Å². The predicted molar refractivity (Wildman–Crippen MR) is 74.9 cm³/mol. The van der Waals surface area contributed by atoms with Crippen LogP contribution in [0.4, 0.5) is 0 Å². The fraction of sp³-hybridized carbons (Fsp3) is 0.462. The molecule has 1 aliphatic heterocycles. The Kier molecular flexibility index (Phi) is 5.59. The van der Waals surface area contributed by atoms with Gasteiger partial charge in [-0.3, -0.25) is 9.69 Å². The van der Waals surface area contributed by atoms with Crippen molar-refractivity contribution in [3.63, 3.8) is 0 Å². The molecule has 0 saturated carbocycles. The molecule has 100 valence electrons. The van der Waals surface area contributed by atoms with E-state index in [1.807, 2.05) is 18.2 Å². The summed E-state index contributed by atoms with van der Waals surface area (Å²) in [6.45, 7) is 6.19. The van der Waals surface area contributed by atoms with E-state index >= 15 is 0 Å². The number of benzene rings is 1. The molecule has 1 aliphatic rings. The van der Waals surface area contributed by atoms with Crippen molar-refractivity contribution in [1.29, 1.82) is 0 Å². The van der Waals surface area contributed by atoms with Crippen molar-refractivity contribution in [3.05, 3.63) is 35.4 Å². The van der Waals surface area contributed by atoms with Gasteiger partial charge < -0.3 is 11.1 Å². The molecule has 4 nitrogen and oxygen atoms in total. The topological polar surface area (TPSA) is 58.4 Å². The normalized spacial score (nSPS) is 20.2. The van der Waals surface area contributed by atoms with Gasteiger partial charge in [0.05, 0.1) is 0 Å². The van der Waals surface area contributed by atoms with E-state index in [1.54, 1.807) is 6.07 Å². The lowest BCUT2D eigenvalue weighted by Gasteiger charge is -2.33. The number of nitrogens with two attached hydrogens (primary N) is 1. The van der Waals surface area contributed by atoms with Crippen molar-refractivity contribution < 1.29 is 4.79 Å². The highest BCUT2D eigenvalue weighted by Crippen LogP contribution is 2.11. The number of nitrogens with one attached hydrogen (secondary N) is 1. The molecule has 0 aliphatic carbocycles. The summed E-state index contributed by atoms with van der Waals surface area (Å²) in [5.41, 5.74) is 7.02.